The summed E-state index contributed by atoms with van der Waals surface area (Å²) < 4.78 is 14.1. The maximum atomic E-state index is 13.5. The molecule has 0 amide bonds. The molecule has 1 aromatic heterocycles. The van der Waals surface area contributed by atoms with E-state index in [4.69, 9.17) is 5.11 Å². The second-order valence-electron chi connectivity index (χ2n) is 3.14. The number of carboxylic acids is 1. The first-order valence-corrected chi connectivity index (χ1v) is 6.20. The van der Waals surface area contributed by atoms with Crippen LogP contribution in [0.1, 0.15) is 15.4 Å². The van der Waals surface area contributed by atoms with Crippen LogP contribution in [0.4, 0.5) is 4.39 Å². The van der Waals surface area contributed by atoms with Gasteiger partial charge in [-0.15, -0.1) is 10.2 Å². The molecule has 0 radical (unpaired) electrons. The minimum absolute atomic E-state index is 0.0511. The molecule has 0 aliphatic heterocycles. The van der Waals surface area contributed by atoms with E-state index in [-0.39, 0.29) is 10.5 Å². The maximum absolute atomic E-state index is 13.5. The number of rotatable bonds is 3. The molecule has 17 heavy (non-hydrogen) atoms. The topological polar surface area (TPSA) is 63.1 Å². The van der Waals surface area contributed by atoms with Gasteiger partial charge in [-0.1, -0.05) is 23.1 Å². The predicted octanol–water partition coefficient (Wildman–Crippen LogP) is 2.84. The number of carbonyl (C=O) groups is 1. The van der Waals surface area contributed by atoms with Gasteiger partial charge in [-0.3, -0.25) is 0 Å². The van der Waals surface area contributed by atoms with E-state index in [1.54, 1.807) is 6.92 Å². The molecule has 0 saturated carbocycles. The molecule has 0 atom stereocenters. The van der Waals surface area contributed by atoms with Crippen LogP contribution in [0.2, 0.25) is 0 Å². The molecule has 1 heterocycles. The largest absolute Gasteiger partial charge is 0.478 e. The molecule has 7 heteroatoms. The fourth-order valence-corrected chi connectivity index (χ4v) is 2.96. The van der Waals surface area contributed by atoms with Gasteiger partial charge in [0.25, 0.3) is 0 Å². The highest BCUT2D eigenvalue weighted by Crippen LogP contribution is 2.32. The van der Waals surface area contributed by atoms with Crippen molar-refractivity contribution in [2.45, 2.75) is 16.2 Å². The van der Waals surface area contributed by atoms with Gasteiger partial charge in [-0.25, -0.2) is 9.18 Å². The van der Waals surface area contributed by atoms with Gasteiger partial charge < -0.3 is 5.11 Å². The highest BCUT2D eigenvalue weighted by atomic mass is 32.2. The van der Waals surface area contributed by atoms with E-state index >= 15 is 0 Å². The van der Waals surface area contributed by atoms with E-state index in [0.717, 1.165) is 22.8 Å². The van der Waals surface area contributed by atoms with Gasteiger partial charge in [-0.2, -0.15) is 0 Å². The van der Waals surface area contributed by atoms with Crippen LogP contribution in [0, 0.1) is 12.7 Å². The lowest BCUT2D eigenvalue weighted by Crippen LogP contribution is -1.96. The van der Waals surface area contributed by atoms with Gasteiger partial charge in [0.15, 0.2) is 4.34 Å². The summed E-state index contributed by atoms with van der Waals surface area (Å²) in [5, 5.41) is 17.2. The minimum atomic E-state index is -1.08. The van der Waals surface area contributed by atoms with Crippen molar-refractivity contribution in [2.24, 2.45) is 0 Å². The number of benzene rings is 1. The van der Waals surface area contributed by atoms with E-state index in [2.05, 4.69) is 10.2 Å². The molecule has 0 fully saturated rings. The van der Waals surface area contributed by atoms with Gasteiger partial charge in [-0.05, 0) is 25.1 Å². The lowest BCUT2D eigenvalue weighted by molar-refractivity contribution is 0.0696. The number of aromatic nitrogens is 2. The Morgan fingerprint density at radius 3 is 2.82 bits per heavy atom. The monoisotopic (exact) mass is 270 g/mol. The van der Waals surface area contributed by atoms with Crippen molar-refractivity contribution < 1.29 is 14.3 Å². The molecule has 0 bridgehead atoms. The van der Waals surface area contributed by atoms with E-state index in [0.29, 0.717) is 4.34 Å². The Morgan fingerprint density at radius 1 is 1.47 bits per heavy atom. The molecule has 0 spiro atoms. The van der Waals surface area contributed by atoms with Crippen LogP contribution in [0.25, 0.3) is 0 Å². The maximum Gasteiger partial charge on any atom is 0.335 e. The molecule has 2 rings (SSSR count). The fraction of sp³-hybridized carbons (Fsp3) is 0.100. The first kappa shape index (κ1) is 12.0. The van der Waals surface area contributed by atoms with Crippen molar-refractivity contribution in [3.63, 3.8) is 0 Å². The average Bonchev–Trinajstić information content (AvgIpc) is 2.67. The summed E-state index contributed by atoms with van der Waals surface area (Å²) in [6.45, 7) is 1.80. The summed E-state index contributed by atoms with van der Waals surface area (Å²) in [5.41, 5.74) is 0.0511. The Hall–Kier alpha value is -1.47. The zero-order chi connectivity index (χ0) is 12.4. The Labute approximate surface area is 105 Å². The van der Waals surface area contributed by atoms with E-state index in [9.17, 15) is 9.18 Å². The third-order valence-electron chi connectivity index (χ3n) is 1.88. The number of aromatic carboxylic acids is 1. The number of nitrogens with zero attached hydrogens (tertiary/aromatic N) is 2. The first-order chi connectivity index (χ1) is 8.06. The van der Waals surface area contributed by atoms with E-state index in [1.807, 2.05) is 0 Å². The third kappa shape index (κ3) is 2.80. The van der Waals surface area contributed by atoms with Crippen LogP contribution < -0.4 is 0 Å². The zero-order valence-electron chi connectivity index (χ0n) is 8.68. The molecule has 0 saturated heterocycles. The fourth-order valence-electron chi connectivity index (χ4n) is 1.13. The number of hydrogen-bond acceptors (Lipinski definition) is 5. The van der Waals surface area contributed by atoms with Crippen molar-refractivity contribution >= 4 is 29.1 Å². The summed E-state index contributed by atoms with van der Waals surface area (Å²) in [4.78, 5) is 11.0. The molecule has 1 N–H and O–H groups in total. The van der Waals surface area contributed by atoms with Crippen LogP contribution >= 0.6 is 23.1 Å². The lowest BCUT2D eigenvalue weighted by atomic mass is 10.2. The van der Waals surface area contributed by atoms with Crippen molar-refractivity contribution in [2.75, 3.05) is 0 Å². The number of hydrogen-bond donors (Lipinski definition) is 1. The molecule has 0 aliphatic carbocycles. The number of carboxylic acid groups (broad SMARTS) is 1. The number of aryl methyl sites for hydroxylation is 1. The summed E-state index contributed by atoms with van der Waals surface area (Å²) >= 11 is 2.41. The van der Waals surface area contributed by atoms with Gasteiger partial charge in [0.1, 0.15) is 10.8 Å². The summed E-state index contributed by atoms with van der Waals surface area (Å²) in [6.07, 6.45) is 0. The molecule has 4 nitrogen and oxygen atoms in total. The van der Waals surface area contributed by atoms with Crippen molar-refractivity contribution in [1.82, 2.24) is 10.2 Å². The van der Waals surface area contributed by atoms with Crippen LogP contribution in [0.3, 0.4) is 0 Å². The van der Waals surface area contributed by atoms with Crippen LogP contribution in [-0.2, 0) is 0 Å². The highest BCUT2D eigenvalue weighted by molar-refractivity contribution is 8.01. The smallest absolute Gasteiger partial charge is 0.335 e. The summed E-state index contributed by atoms with van der Waals surface area (Å²) in [7, 11) is 0. The average molecular weight is 270 g/mol. The predicted molar refractivity (Wildman–Crippen MR) is 62.1 cm³/mol. The van der Waals surface area contributed by atoms with Crippen LogP contribution in [0.5, 0.6) is 0 Å². The molecular weight excluding hydrogens is 263 g/mol. The van der Waals surface area contributed by atoms with E-state index in [1.165, 1.54) is 23.5 Å². The van der Waals surface area contributed by atoms with Gasteiger partial charge in [0.05, 0.1) is 10.5 Å². The first-order valence-electron chi connectivity index (χ1n) is 4.57. The lowest BCUT2D eigenvalue weighted by Gasteiger charge is -2.01. The minimum Gasteiger partial charge on any atom is -0.478 e. The Morgan fingerprint density at radius 2 is 2.24 bits per heavy atom. The van der Waals surface area contributed by atoms with Gasteiger partial charge >= 0.3 is 5.97 Å². The van der Waals surface area contributed by atoms with E-state index < -0.39 is 11.8 Å². The van der Waals surface area contributed by atoms with Crippen molar-refractivity contribution in [3.8, 4) is 0 Å². The van der Waals surface area contributed by atoms with Crippen LogP contribution in [-0.4, -0.2) is 21.3 Å². The molecule has 2 aromatic rings. The molecular formula is C10H7FN2O2S2. The Balaban J connectivity index is 2.31. The molecule has 0 aliphatic rings. The highest BCUT2D eigenvalue weighted by Gasteiger charge is 2.11. The van der Waals surface area contributed by atoms with Crippen molar-refractivity contribution in [1.29, 1.82) is 0 Å². The van der Waals surface area contributed by atoms with Gasteiger partial charge in [0, 0.05) is 0 Å². The second kappa shape index (κ2) is 4.80. The third-order valence-corrected chi connectivity index (χ3v) is 3.81. The van der Waals surface area contributed by atoms with Crippen molar-refractivity contribution in [3.05, 3.63) is 34.6 Å². The molecule has 88 valence electrons. The summed E-state index contributed by atoms with van der Waals surface area (Å²) in [5.74, 6) is -1.55. The zero-order valence-corrected chi connectivity index (χ0v) is 10.3. The SMILES string of the molecule is Cc1nnc(Sc2cc(C(=O)O)ccc2F)s1. The quantitative estimate of drug-likeness (QED) is 0.929. The Bertz CT molecular complexity index is 571. The second-order valence-corrected chi connectivity index (χ2v) is 5.61. The molecule has 1 aromatic carbocycles. The Kier molecular flexibility index (Phi) is 3.39. The summed E-state index contributed by atoms with van der Waals surface area (Å²) in [6, 6.07) is 3.66. The van der Waals surface area contributed by atoms with Gasteiger partial charge in [0.2, 0.25) is 0 Å². The molecule has 0 unspecified atom stereocenters. The number of halogens is 1. The standard InChI is InChI=1S/C10H7FN2O2S2/c1-5-12-13-10(16-5)17-8-4-6(9(14)15)2-3-7(8)11/h2-4H,1H3,(H,14,15). The normalized spacial score (nSPS) is 10.5. The van der Waals surface area contributed by atoms with Crippen LogP contribution in [0.15, 0.2) is 27.4 Å².